The monoisotopic (exact) mass is 334 g/mol. The third kappa shape index (κ3) is 2.25. The Labute approximate surface area is 145 Å². The zero-order valence-corrected chi connectivity index (χ0v) is 15.6. The van der Waals surface area contributed by atoms with Gasteiger partial charge in [0.05, 0.1) is 6.61 Å². The lowest BCUT2D eigenvalue weighted by Crippen LogP contribution is -2.46. The van der Waals surface area contributed by atoms with E-state index in [0.717, 1.165) is 25.7 Å². The van der Waals surface area contributed by atoms with E-state index in [1.807, 2.05) is 20.8 Å². The molecule has 3 aliphatic rings. The van der Waals surface area contributed by atoms with Gasteiger partial charge in [-0.3, -0.25) is 9.59 Å². The maximum Gasteiger partial charge on any atom is 0.324 e. The molecular weight excluding hydrogens is 304 g/mol. The third-order valence-electron chi connectivity index (χ3n) is 7.34. The van der Waals surface area contributed by atoms with E-state index in [-0.39, 0.29) is 5.97 Å². The minimum absolute atomic E-state index is 0.308. The lowest BCUT2D eigenvalue weighted by Gasteiger charge is -2.34. The highest BCUT2D eigenvalue weighted by Gasteiger charge is 2.77. The maximum atomic E-state index is 12.9. The van der Waals surface area contributed by atoms with Crippen molar-refractivity contribution in [2.24, 2.45) is 22.7 Å². The minimum Gasteiger partial charge on any atom is -0.465 e. The number of ether oxygens (including phenoxy) is 2. The first-order chi connectivity index (χ1) is 11.1. The number of allylic oxidation sites excluding steroid dienone is 2. The molecule has 0 aromatic heterocycles. The standard InChI is InChI=1S/C20H30O4/c1-13-6-8-15(9-7-13)14(2)12-23-16(21)20-11-10-19(5,18(20,3)4)24-17(20)22/h6,14-15H,7-12H2,1-5H3. The van der Waals surface area contributed by atoms with Crippen molar-refractivity contribution in [3.05, 3.63) is 11.6 Å². The van der Waals surface area contributed by atoms with Crippen LogP contribution in [-0.2, 0) is 19.1 Å². The summed E-state index contributed by atoms with van der Waals surface area (Å²) in [6.07, 6.45) is 6.89. The number of fused-ring (bicyclic) bond motifs is 2. The summed E-state index contributed by atoms with van der Waals surface area (Å²) in [6.45, 7) is 10.6. The van der Waals surface area contributed by atoms with Gasteiger partial charge in [-0.1, -0.05) is 32.4 Å². The van der Waals surface area contributed by atoms with E-state index < -0.39 is 22.4 Å². The SMILES string of the molecule is CC1=CCC(C(C)COC(=O)C23CCC(C)(OC2=O)C3(C)C)CC1. The molecule has 1 aliphatic heterocycles. The molecule has 0 spiro atoms. The lowest BCUT2D eigenvalue weighted by atomic mass is 9.65. The van der Waals surface area contributed by atoms with Gasteiger partial charge in [0.15, 0.2) is 5.41 Å². The summed E-state index contributed by atoms with van der Waals surface area (Å²) in [5.74, 6) is 0.0858. The molecule has 2 bridgehead atoms. The van der Waals surface area contributed by atoms with Crippen LogP contribution in [-0.4, -0.2) is 24.1 Å². The first-order valence-electron chi connectivity index (χ1n) is 9.20. The fourth-order valence-electron chi connectivity index (χ4n) is 4.74. The number of rotatable bonds is 4. The highest BCUT2D eigenvalue weighted by molar-refractivity contribution is 6.04. The first kappa shape index (κ1) is 17.5. The van der Waals surface area contributed by atoms with E-state index in [1.54, 1.807) is 0 Å². The van der Waals surface area contributed by atoms with Gasteiger partial charge in [-0.05, 0) is 57.8 Å². The van der Waals surface area contributed by atoms with E-state index in [0.29, 0.717) is 24.9 Å². The predicted molar refractivity (Wildman–Crippen MR) is 91.2 cm³/mol. The smallest absolute Gasteiger partial charge is 0.324 e. The van der Waals surface area contributed by atoms with Crippen LogP contribution >= 0.6 is 0 Å². The molecular formula is C20H30O4. The second kappa shape index (κ2) is 5.60. The van der Waals surface area contributed by atoms with E-state index in [4.69, 9.17) is 9.47 Å². The quantitative estimate of drug-likeness (QED) is 0.442. The average Bonchev–Trinajstić information content (AvgIpc) is 2.81. The van der Waals surface area contributed by atoms with Crippen LogP contribution in [0.2, 0.25) is 0 Å². The van der Waals surface area contributed by atoms with Crippen LogP contribution in [0.3, 0.4) is 0 Å². The van der Waals surface area contributed by atoms with Gasteiger partial charge in [-0.2, -0.15) is 0 Å². The number of carbonyl (C=O) groups is 2. The lowest BCUT2D eigenvalue weighted by molar-refractivity contribution is -0.172. The molecule has 0 aromatic carbocycles. The summed E-state index contributed by atoms with van der Waals surface area (Å²) < 4.78 is 11.3. The van der Waals surface area contributed by atoms with Crippen molar-refractivity contribution in [2.75, 3.05) is 6.61 Å². The molecule has 4 unspecified atom stereocenters. The van der Waals surface area contributed by atoms with Crippen molar-refractivity contribution in [1.82, 2.24) is 0 Å². The molecule has 0 N–H and O–H groups in total. The van der Waals surface area contributed by atoms with Crippen LogP contribution in [0, 0.1) is 22.7 Å². The fraction of sp³-hybridized carbons (Fsp3) is 0.800. The first-order valence-corrected chi connectivity index (χ1v) is 9.20. The molecule has 4 atom stereocenters. The fourth-order valence-corrected chi connectivity index (χ4v) is 4.74. The largest absolute Gasteiger partial charge is 0.465 e. The van der Waals surface area contributed by atoms with E-state index in [9.17, 15) is 9.59 Å². The summed E-state index contributed by atoms with van der Waals surface area (Å²) in [5, 5.41) is 0. The van der Waals surface area contributed by atoms with Gasteiger partial charge in [0.2, 0.25) is 0 Å². The Morgan fingerprint density at radius 3 is 2.58 bits per heavy atom. The minimum atomic E-state index is -1.12. The van der Waals surface area contributed by atoms with Crippen molar-refractivity contribution < 1.29 is 19.1 Å². The van der Waals surface area contributed by atoms with Crippen LogP contribution in [0.15, 0.2) is 11.6 Å². The molecule has 2 fully saturated rings. The van der Waals surface area contributed by atoms with Crippen LogP contribution in [0.25, 0.3) is 0 Å². The van der Waals surface area contributed by atoms with Gasteiger partial charge >= 0.3 is 11.9 Å². The van der Waals surface area contributed by atoms with Crippen molar-refractivity contribution in [1.29, 1.82) is 0 Å². The van der Waals surface area contributed by atoms with Crippen molar-refractivity contribution in [3.8, 4) is 0 Å². The molecule has 134 valence electrons. The van der Waals surface area contributed by atoms with Gasteiger partial charge in [-0.15, -0.1) is 0 Å². The molecule has 0 amide bonds. The second-order valence-electron chi connectivity index (χ2n) is 8.81. The molecule has 2 aliphatic carbocycles. The predicted octanol–water partition coefficient (Wildman–Crippen LogP) is 4.03. The van der Waals surface area contributed by atoms with Crippen molar-refractivity contribution in [2.45, 2.75) is 72.3 Å². The van der Waals surface area contributed by atoms with E-state index in [1.165, 1.54) is 5.57 Å². The molecule has 3 rings (SSSR count). The van der Waals surface area contributed by atoms with Gasteiger partial charge < -0.3 is 9.47 Å². The Hall–Kier alpha value is -1.32. The van der Waals surface area contributed by atoms with E-state index >= 15 is 0 Å². The molecule has 0 aromatic rings. The molecule has 0 radical (unpaired) electrons. The Bertz CT molecular complexity index is 590. The Morgan fingerprint density at radius 1 is 1.38 bits per heavy atom. The maximum absolute atomic E-state index is 12.9. The highest BCUT2D eigenvalue weighted by atomic mass is 16.6. The normalized spacial score (nSPS) is 38.5. The molecule has 1 saturated heterocycles. The van der Waals surface area contributed by atoms with Crippen LogP contribution in [0.4, 0.5) is 0 Å². The molecule has 1 saturated carbocycles. The molecule has 24 heavy (non-hydrogen) atoms. The Balaban J connectivity index is 1.66. The Morgan fingerprint density at radius 2 is 2.08 bits per heavy atom. The van der Waals surface area contributed by atoms with Gasteiger partial charge in [0.25, 0.3) is 0 Å². The van der Waals surface area contributed by atoms with Gasteiger partial charge in [0.1, 0.15) is 5.60 Å². The van der Waals surface area contributed by atoms with Gasteiger partial charge in [0, 0.05) is 5.41 Å². The summed E-state index contributed by atoms with van der Waals surface area (Å²) >= 11 is 0. The number of hydrogen-bond donors (Lipinski definition) is 0. The topological polar surface area (TPSA) is 52.6 Å². The molecule has 4 nitrogen and oxygen atoms in total. The molecule has 1 heterocycles. The van der Waals surface area contributed by atoms with Crippen molar-refractivity contribution in [3.63, 3.8) is 0 Å². The summed E-state index contributed by atoms with van der Waals surface area (Å²) in [7, 11) is 0. The number of hydrogen-bond acceptors (Lipinski definition) is 4. The molecule has 4 heteroatoms. The van der Waals surface area contributed by atoms with Crippen LogP contribution < -0.4 is 0 Å². The zero-order valence-electron chi connectivity index (χ0n) is 15.6. The summed E-state index contributed by atoms with van der Waals surface area (Å²) in [6, 6.07) is 0. The van der Waals surface area contributed by atoms with Crippen LogP contribution in [0.5, 0.6) is 0 Å². The van der Waals surface area contributed by atoms with Crippen LogP contribution in [0.1, 0.15) is 66.7 Å². The zero-order chi connectivity index (χ0) is 17.8. The highest BCUT2D eigenvalue weighted by Crippen LogP contribution is 2.66. The van der Waals surface area contributed by atoms with E-state index in [2.05, 4.69) is 19.9 Å². The Kier molecular flexibility index (Phi) is 4.09. The number of carbonyl (C=O) groups excluding carboxylic acids is 2. The third-order valence-corrected chi connectivity index (χ3v) is 7.34. The average molecular weight is 334 g/mol. The summed E-state index contributed by atoms with van der Waals surface area (Å²) in [4.78, 5) is 25.4. The second-order valence-corrected chi connectivity index (χ2v) is 8.81. The summed E-state index contributed by atoms with van der Waals surface area (Å²) in [5.41, 5.74) is -0.748. The number of esters is 2. The van der Waals surface area contributed by atoms with Gasteiger partial charge in [-0.25, -0.2) is 0 Å². The van der Waals surface area contributed by atoms with Crippen molar-refractivity contribution >= 4 is 11.9 Å².